The number of likely N-dealkylation sites (tertiary alicyclic amines) is 1. The van der Waals surface area contributed by atoms with E-state index in [9.17, 15) is 5.11 Å². The molecule has 1 atom stereocenters. The first-order valence-electron chi connectivity index (χ1n) is 8.84. The molecule has 0 amide bonds. The number of phenols is 1. The molecular formula is C21H27NO2. The molecule has 1 N–H and O–H groups in total. The molecule has 24 heavy (non-hydrogen) atoms. The van der Waals surface area contributed by atoms with Gasteiger partial charge in [-0.15, -0.1) is 0 Å². The van der Waals surface area contributed by atoms with Crippen LogP contribution in [-0.2, 0) is 6.54 Å². The molecular weight excluding hydrogens is 298 g/mol. The summed E-state index contributed by atoms with van der Waals surface area (Å²) < 4.78 is 5.15. The summed E-state index contributed by atoms with van der Waals surface area (Å²) in [5, 5.41) is 10.0. The van der Waals surface area contributed by atoms with Gasteiger partial charge in [-0.3, -0.25) is 4.90 Å². The minimum absolute atomic E-state index is 0.219. The molecule has 128 valence electrons. The Kier molecular flexibility index (Phi) is 5.41. The van der Waals surface area contributed by atoms with Gasteiger partial charge < -0.3 is 9.84 Å². The Hall–Kier alpha value is -2.00. The Bertz CT molecular complexity index is 666. The molecule has 1 fully saturated rings. The highest BCUT2D eigenvalue weighted by molar-refractivity contribution is 5.41. The third-order valence-corrected chi connectivity index (χ3v) is 4.95. The van der Waals surface area contributed by atoms with E-state index in [1.54, 1.807) is 7.11 Å². The normalized spacial score (nSPS) is 19.0. The van der Waals surface area contributed by atoms with Gasteiger partial charge in [0.1, 0.15) is 0 Å². The second-order valence-electron chi connectivity index (χ2n) is 6.75. The monoisotopic (exact) mass is 325 g/mol. The molecule has 0 aromatic heterocycles. The van der Waals surface area contributed by atoms with E-state index >= 15 is 0 Å². The van der Waals surface area contributed by atoms with Crippen molar-refractivity contribution in [3.63, 3.8) is 0 Å². The van der Waals surface area contributed by atoms with Crippen LogP contribution >= 0.6 is 0 Å². The van der Waals surface area contributed by atoms with Crippen LogP contribution < -0.4 is 4.74 Å². The zero-order valence-electron chi connectivity index (χ0n) is 14.7. The standard InChI is InChI=1S/C21H27NO2/c1-16-7-10-18(11-8-16)19-6-4-3-5-13-22(19)15-17-9-12-21(24-2)20(23)14-17/h7-12,14,19,23H,3-6,13,15H2,1-2H3/t19-/m1/s1. The fourth-order valence-electron chi connectivity index (χ4n) is 3.59. The van der Waals surface area contributed by atoms with Crippen molar-refractivity contribution in [1.29, 1.82) is 0 Å². The van der Waals surface area contributed by atoms with Crippen LogP contribution in [0, 0.1) is 6.92 Å². The highest BCUT2D eigenvalue weighted by atomic mass is 16.5. The number of phenolic OH excluding ortho intramolecular Hbond substituents is 1. The van der Waals surface area contributed by atoms with Crippen molar-refractivity contribution in [2.24, 2.45) is 0 Å². The summed E-state index contributed by atoms with van der Waals surface area (Å²) >= 11 is 0. The summed E-state index contributed by atoms with van der Waals surface area (Å²) in [4.78, 5) is 2.55. The molecule has 1 aliphatic heterocycles. The summed E-state index contributed by atoms with van der Waals surface area (Å²) in [6.07, 6.45) is 5.02. The number of hydrogen-bond acceptors (Lipinski definition) is 3. The number of aryl methyl sites for hydroxylation is 1. The van der Waals surface area contributed by atoms with E-state index in [0.717, 1.165) is 18.7 Å². The maximum atomic E-state index is 10.0. The summed E-state index contributed by atoms with van der Waals surface area (Å²) in [5.41, 5.74) is 3.84. The molecule has 0 saturated carbocycles. The molecule has 0 unspecified atom stereocenters. The predicted molar refractivity (Wildman–Crippen MR) is 97.5 cm³/mol. The summed E-state index contributed by atoms with van der Waals surface area (Å²) in [7, 11) is 1.58. The Balaban J connectivity index is 1.82. The zero-order valence-corrected chi connectivity index (χ0v) is 14.7. The van der Waals surface area contributed by atoms with Gasteiger partial charge in [0.15, 0.2) is 11.5 Å². The molecule has 1 saturated heterocycles. The van der Waals surface area contributed by atoms with Crippen LogP contribution in [0.25, 0.3) is 0 Å². The molecule has 0 bridgehead atoms. The van der Waals surface area contributed by atoms with Crippen molar-refractivity contribution in [3.8, 4) is 11.5 Å². The number of methoxy groups -OCH3 is 1. The number of rotatable bonds is 4. The van der Waals surface area contributed by atoms with Crippen LogP contribution in [-0.4, -0.2) is 23.7 Å². The highest BCUT2D eigenvalue weighted by Crippen LogP contribution is 2.33. The second kappa shape index (κ2) is 7.71. The Morgan fingerprint density at radius 2 is 1.88 bits per heavy atom. The SMILES string of the molecule is COc1ccc(CN2CCCCC[C@@H]2c2ccc(C)cc2)cc1O. The quantitative estimate of drug-likeness (QED) is 0.874. The van der Waals surface area contributed by atoms with Crippen molar-refractivity contribution in [2.45, 2.75) is 45.2 Å². The number of benzene rings is 2. The lowest BCUT2D eigenvalue weighted by atomic mass is 9.99. The average Bonchev–Trinajstić information content (AvgIpc) is 2.81. The van der Waals surface area contributed by atoms with E-state index < -0.39 is 0 Å². The first kappa shape index (κ1) is 16.8. The molecule has 3 rings (SSSR count). The topological polar surface area (TPSA) is 32.7 Å². The second-order valence-corrected chi connectivity index (χ2v) is 6.75. The van der Waals surface area contributed by atoms with Gasteiger partial charge in [0.25, 0.3) is 0 Å². The molecule has 0 radical (unpaired) electrons. The van der Waals surface area contributed by atoms with Crippen LogP contribution in [0.15, 0.2) is 42.5 Å². The maximum Gasteiger partial charge on any atom is 0.160 e. The van der Waals surface area contributed by atoms with Crippen LogP contribution in [0.3, 0.4) is 0 Å². The van der Waals surface area contributed by atoms with Crippen molar-refractivity contribution >= 4 is 0 Å². The fraction of sp³-hybridized carbons (Fsp3) is 0.429. The van der Waals surface area contributed by atoms with Crippen LogP contribution in [0.2, 0.25) is 0 Å². The van der Waals surface area contributed by atoms with E-state index in [2.05, 4.69) is 42.2 Å². The number of aromatic hydroxyl groups is 1. The van der Waals surface area contributed by atoms with Gasteiger partial charge in [-0.25, -0.2) is 0 Å². The van der Waals surface area contributed by atoms with Gasteiger partial charge in [-0.05, 0) is 49.6 Å². The van der Waals surface area contributed by atoms with E-state index in [4.69, 9.17) is 4.74 Å². The highest BCUT2D eigenvalue weighted by Gasteiger charge is 2.23. The van der Waals surface area contributed by atoms with E-state index in [0.29, 0.717) is 11.8 Å². The lowest BCUT2D eigenvalue weighted by Gasteiger charge is -2.30. The lowest BCUT2D eigenvalue weighted by molar-refractivity contribution is 0.192. The molecule has 3 heteroatoms. The van der Waals surface area contributed by atoms with Gasteiger partial charge in [0.2, 0.25) is 0 Å². The minimum Gasteiger partial charge on any atom is -0.504 e. The van der Waals surface area contributed by atoms with Crippen molar-refractivity contribution < 1.29 is 9.84 Å². The Morgan fingerprint density at radius 1 is 1.08 bits per heavy atom. The smallest absolute Gasteiger partial charge is 0.160 e. The number of nitrogens with zero attached hydrogens (tertiary/aromatic N) is 1. The zero-order chi connectivity index (χ0) is 16.9. The van der Waals surface area contributed by atoms with Gasteiger partial charge in [-0.2, -0.15) is 0 Å². The van der Waals surface area contributed by atoms with Crippen LogP contribution in [0.5, 0.6) is 11.5 Å². The predicted octanol–water partition coefficient (Wildman–Crippen LogP) is 4.83. The van der Waals surface area contributed by atoms with Crippen LogP contribution in [0.4, 0.5) is 0 Å². The van der Waals surface area contributed by atoms with Gasteiger partial charge in [0, 0.05) is 12.6 Å². The third kappa shape index (κ3) is 3.90. The Morgan fingerprint density at radius 3 is 2.58 bits per heavy atom. The molecule has 0 aliphatic carbocycles. The van der Waals surface area contributed by atoms with E-state index in [1.807, 2.05) is 12.1 Å². The molecule has 2 aromatic carbocycles. The molecule has 0 spiro atoms. The van der Waals surface area contributed by atoms with Gasteiger partial charge >= 0.3 is 0 Å². The maximum absolute atomic E-state index is 10.0. The number of hydrogen-bond donors (Lipinski definition) is 1. The van der Waals surface area contributed by atoms with Crippen molar-refractivity contribution in [2.75, 3.05) is 13.7 Å². The summed E-state index contributed by atoms with van der Waals surface area (Å²) in [6, 6.07) is 15.1. The molecule has 1 aliphatic rings. The molecule has 3 nitrogen and oxygen atoms in total. The third-order valence-electron chi connectivity index (χ3n) is 4.95. The first-order valence-corrected chi connectivity index (χ1v) is 8.84. The molecule has 2 aromatic rings. The summed E-state index contributed by atoms with van der Waals surface area (Å²) in [5.74, 6) is 0.751. The minimum atomic E-state index is 0.219. The van der Waals surface area contributed by atoms with E-state index in [-0.39, 0.29) is 5.75 Å². The van der Waals surface area contributed by atoms with Gasteiger partial charge in [-0.1, -0.05) is 48.7 Å². The largest absolute Gasteiger partial charge is 0.504 e. The fourth-order valence-corrected chi connectivity index (χ4v) is 3.59. The lowest BCUT2D eigenvalue weighted by Crippen LogP contribution is -2.28. The Labute approximate surface area is 144 Å². The summed E-state index contributed by atoms with van der Waals surface area (Å²) in [6.45, 7) is 4.09. The molecule has 1 heterocycles. The van der Waals surface area contributed by atoms with Crippen molar-refractivity contribution in [1.82, 2.24) is 4.90 Å². The first-order chi connectivity index (χ1) is 11.7. The van der Waals surface area contributed by atoms with E-state index in [1.165, 1.54) is 36.8 Å². The van der Waals surface area contributed by atoms with Crippen LogP contribution in [0.1, 0.15) is 48.4 Å². The number of ether oxygens (including phenoxy) is 1. The van der Waals surface area contributed by atoms with Gasteiger partial charge in [0.05, 0.1) is 7.11 Å². The average molecular weight is 325 g/mol. The van der Waals surface area contributed by atoms with Crippen molar-refractivity contribution in [3.05, 3.63) is 59.2 Å².